The number of anilines is 6. The Kier molecular flexibility index (Phi) is 9.09. The summed E-state index contributed by atoms with van der Waals surface area (Å²) in [4.78, 5) is 4.88. The first-order valence-corrected chi connectivity index (χ1v) is 21.6. The summed E-state index contributed by atoms with van der Waals surface area (Å²) >= 11 is 0. The van der Waals surface area contributed by atoms with Gasteiger partial charge in [-0.3, -0.25) is 0 Å². The van der Waals surface area contributed by atoms with E-state index in [0.717, 1.165) is 22.7 Å². The van der Waals surface area contributed by atoms with E-state index >= 15 is 0 Å². The molecule has 0 spiro atoms. The molecule has 0 N–H and O–H groups in total. The van der Waals surface area contributed by atoms with Crippen LogP contribution in [0.15, 0.2) is 206 Å². The van der Waals surface area contributed by atoms with Gasteiger partial charge in [0.05, 0.1) is 11.4 Å². The summed E-state index contributed by atoms with van der Waals surface area (Å²) in [6, 6.07) is 75.9. The van der Waals surface area contributed by atoms with Crippen LogP contribution in [0.5, 0.6) is 0 Å². The van der Waals surface area contributed by atoms with Crippen molar-refractivity contribution < 1.29 is 0 Å². The Labute approximate surface area is 364 Å². The Morgan fingerprint density at radius 3 is 0.952 bits per heavy atom. The number of nitrogens with zero attached hydrogens (tertiary/aromatic N) is 2. The molecule has 10 aromatic rings. The molecular weight excluding hydrogens is 749 g/mol. The number of rotatable bonds is 8. The maximum absolute atomic E-state index is 2.44. The SMILES string of the molecule is Cc1cccc(C)c1N(c1cccc(-c2ccccc2)c1)c1ccc2cc3c(cc2c1)-c1cc2ccc(N(c4cccc(-c5ccccc5)c4)c4c(C)cccc4C)cc2cc1-3. The van der Waals surface area contributed by atoms with E-state index in [1.54, 1.807) is 0 Å². The van der Waals surface area contributed by atoms with Crippen molar-refractivity contribution >= 4 is 55.7 Å². The predicted molar refractivity (Wildman–Crippen MR) is 265 cm³/mol. The topological polar surface area (TPSA) is 6.48 Å². The zero-order valence-corrected chi connectivity index (χ0v) is 35.5. The molecule has 2 heteroatoms. The molecule has 2 nitrogen and oxygen atoms in total. The number of hydrogen-bond acceptors (Lipinski definition) is 2. The quantitative estimate of drug-likeness (QED) is 0.151. The molecule has 0 aromatic heterocycles. The van der Waals surface area contributed by atoms with Gasteiger partial charge in [-0.2, -0.15) is 0 Å². The molecule has 0 aliphatic heterocycles. The Bertz CT molecular complexity index is 3060. The van der Waals surface area contributed by atoms with Crippen molar-refractivity contribution in [2.75, 3.05) is 9.80 Å². The fourth-order valence-electron chi connectivity index (χ4n) is 9.72. The molecule has 10 aromatic carbocycles. The highest BCUT2D eigenvalue weighted by atomic mass is 15.2. The molecule has 1 aliphatic carbocycles. The molecule has 0 saturated carbocycles. The van der Waals surface area contributed by atoms with E-state index in [0.29, 0.717) is 0 Å². The summed E-state index contributed by atoms with van der Waals surface area (Å²) in [6.45, 7) is 8.87. The molecule has 0 atom stereocenters. The third-order valence-electron chi connectivity index (χ3n) is 12.8. The van der Waals surface area contributed by atoms with Gasteiger partial charge < -0.3 is 9.80 Å². The molecule has 296 valence electrons. The van der Waals surface area contributed by atoms with Gasteiger partial charge in [-0.05, 0) is 189 Å². The number of fused-ring (bicyclic) bond motifs is 6. The van der Waals surface area contributed by atoms with E-state index in [4.69, 9.17) is 0 Å². The van der Waals surface area contributed by atoms with E-state index in [-0.39, 0.29) is 0 Å². The number of aryl methyl sites for hydroxylation is 4. The predicted octanol–water partition coefficient (Wildman–Crippen LogP) is 17.1. The van der Waals surface area contributed by atoms with Gasteiger partial charge in [-0.15, -0.1) is 0 Å². The third kappa shape index (κ3) is 6.44. The average molecular weight is 795 g/mol. The summed E-state index contributed by atoms with van der Waals surface area (Å²) in [5.41, 5.74) is 22.1. The van der Waals surface area contributed by atoms with Crippen molar-refractivity contribution in [3.8, 4) is 44.5 Å². The summed E-state index contributed by atoms with van der Waals surface area (Å²) in [5, 5.41) is 4.96. The second-order valence-electron chi connectivity index (χ2n) is 16.8. The second-order valence-corrected chi connectivity index (χ2v) is 16.8. The Morgan fingerprint density at radius 1 is 0.242 bits per heavy atom. The zero-order chi connectivity index (χ0) is 41.9. The van der Waals surface area contributed by atoms with Crippen LogP contribution in [-0.4, -0.2) is 0 Å². The first kappa shape index (κ1) is 37.3. The van der Waals surface area contributed by atoms with E-state index in [2.05, 4.69) is 244 Å². The van der Waals surface area contributed by atoms with Crippen LogP contribution < -0.4 is 9.80 Å². The van der Waals surface area contributed by atoms with Crippen LogP contribution in [0.25, 0.3) is 66.1 Å². The van der Waals surface area contributed by atoms with Gasteiger partial charge in [-0.25, -0.2) is 0 Å². The summed E-state index contributed by atoms with van der Waals surface area (Å²) < 4.78 is 0. The molecule has 0 amide bonds. The highest BCUT2D eigenvalue weighted by Crippen LogP contribution is 2.52. The van der Waals surface area contributed by atoms with Gasteiger partial charge in [0, 0.05) is 22.7 Å². The third-order valence-corrected chi connectivity index (χ3v) is 12.8. The molecule has 0 heterocycles. The van der Waals surface area contributed by atoms with Crippen molar-refractivity contribution in [1.29, 1.82) is 0 Å². The molecule has 1 aliphatic rings. The Balaban J connectivity index is 0.991. The van der Waals surface area contributed by atoms with Gasteiger partial charge in [0.25, 0.3) is 0 Å². The number of para-hydroxylation sites is 2. The molecular formula is C60H46N2. The van der Waals surface area contributed by atoms with Gasteiger partial charge in [0.2, 0.25) is 0 Å². The van der Waals surface area contributed by atoms with Gasteiger partial charge in [0.15, 0.2) is 0 Å². The monoisotopic (exact) mass is 794 g/mol. The Hall–Kier alpha value is -7.68. The highest BCUT2D eigenvalue weighted by molar-refractivity contribution is 6.12. The van der Waals surface area contributed by atoms with Crippen molar-refractivity contribution in [2.24, 2.45) is 0 Å². The molecule has 0 bridgehead atoms. The van der Waals surface area contributed by atoms with Crippen LogP contribution in [0.3, 0.4) is 0 Å². The summed E-state index contributed by atoms with van der Waals surface area (Å²) in [7, 11) is 0. The van der Waals surface area contributed by atoms with Crippen LogP contribution in [-0.2, 0) is 0 Å². The molecule has 0 unspecified atom stereocenters. The van der Waals surface area contributed by atoms with E-state index in [9.17, 15) is 0 Å². The minimum absolute atomic E-state index is 1.14. The van der Waals surface area contributed by atoms with Crippen LogP contribution >= 0.6 is 0 Å². The Morgan fingerprint density at radius 2 is 0.565 bits per heavy atom. The molecule has 0 radical (unpaired) electrons. The lowest BCUT2D eigenvalue weighted by Gasteiger charge is -2.30. The lowest BCUT2D eigenvalue weighted by Crippen LogP contribution is -2.13. The van der Waals surface area contributed by atoms with E-state index < -0.39 is 0 Å². The lowest BCUT2D eigenvalue weighted by molar-refractivity contribution is 1.22. The molecule has 11 rings (SSSR count). The fraction of sp³-hybridized carbons (Fsp3) is 0.0667. The van der Waals surface area contributed by atoms with E-state index in [1.165, 1.54) is 99.7 Å². The van der Waals surface area contributed by atoms with Crippen molar-refractivity contribution in [2.45, 2.75) is 27.7 Å². The van der Waals surface area contributed by atoms with Gasteiger partial charge >= 0.3 is 0 Å². The van der Waals surface area contributed by atoms with Gasteiger partial charge in [0.1, 0.15) is 0 Å². The largest absolute Gasteiger partial charge is 0.310 e. The van der Waals surface area contributed by atoms with Crippen molar-refractivity contribution in [3.05, 3.63) is 229 Å². The van der Waals surface area contributed by atoms with Gasteiger partial charge in [-0.1, -0.05) is 133 Å². The minimum Gasteiger partial charge on any atom is -0.310 e. The second kappa shape index (κ2) is 15.1. The van der Waals surface area contributed by atoms with Crippen LogP contribution in [0.1, 0.15) is 22.3 Å². The van der Waals surface area contributed by atoms with Crippen LogP contribution in [0.2, 0.25) is 0 Å². The van der Waals surface area contributed by atoms with Crippen LogP contribution in [0, 0.1) is 27.7 Å². The average Bonchev–Trinajstić information content (AvgIpc) is 3.31. The minimum atomic E-state index is 1.14. The molecule has 0 saturated heterocycles. The zero-order valence-electron chi connectivity index (χ0n) is 35.5. The first-order valence-electron chi connectivity index (χ1n) is 21.6. The van der Waals surface area contributed by atoms with Crippen molar-refractivity contribution in [1.82, 2.24) is 0 Å². The fourth-order valence-corrected chi connectivity index (χ4v) is 9.72. The maximum atomic E-state index is 2.44. The van der Waals surface area contributed by atoms with Crippen LogP contribution in [0.4, 0.5) is 34.1 Å². The standard InChI is InChI=1S/C60H46N2/c1-39-15-11-16-40(2)59(39)61(51-25-13-23-45(31-51)43-19-7-5-8-20-43)53-29-27-47-35-55-57(37-49(47)33-53)56-36-48-28-30-54(34-50(48)38-58(55)56)62(60-41(3)17-12-18-42(60)4)52-26-14-24-46(32-52)44-21-9-6-10-22-44/h5-38H,1-4H3. The first-order chi connectivity index (χ1) is 30.4. The number of hydrogen-bond donors (Lipinski definition) is 0. The normalized spacial score (nSPS) is 11.5. The smallest absolute Gasteiger partial charge is 0.0519 e. The summed E-state index contributed by atoms with van der Waals surface area (Å²) in [5.74, 6) is 0. The highest BCUT2D eigenvalue weighted by Gasteiger charge is 2.26. The number of benzene rings is 10. The maximum Gasteiger partial charge on any atom is 0.0519 e. The summed E-state index contributed by atoms with van der Waals surface area (Å²) in [6.07, 6.45) is 0. The van der Waals surface area contributed by atoms with E-state index in [1.807, 2.05) is 0 Å². The molecule has 0 fully saturated rings. The lowest BCUT2D eigenvalue weighted by atomic mass is 9.78. The van der Waals surface area contributed by atoms with Crippen molar-refractivity contribution in [3.63, 3.8) is 0 Å². The molecule has 62 heavy (non-hydrogen) atoms.